The zero-order chi connectivity index (χ0) is 19.1. The second kappa shape index (κ2) is 10.1. The van der Waals surface area contributed by atoms with Crippen LogP contribution in [0, 0.1) is 0 Å². The van der Waals surface area contributed by atoms with Gasteiger partial charge in [-0.3, -0.25) is 0 Å². The van der Waals surface area contributed by atoms with Crippen LogP contribution in [0.3, 0.4) is 0 Å². The van der Waals surface area contributed by atoms with Crippen LogP contribution in [-0.2, 0) is 0 Å². The molecule has 27 heavy (non-hydrogen) atoms. The summed E-state index contributed by atoms with van der Waals surface area (Å²) in [7, 11) is 1.88. The molecular formula is C19H27N5S3. The molecule has 1 N–H and O–H groups in total. The van der Waals surface area contributed by atoms with Crippen LogP contribution in [0.1, 0.15) is 43.9 Å². The van der Waals surface area contributed by atoms with E-state index in [4.69, 9.17) is 17.2 Å². The van der Waals surface area contributed by atoms with Gasteiger partial charge in [0.25, 0.3) is 0 Å². The summed E-state index contributed by atoms with van der Waals surface area (Å²) in [4.78, 5) is 9.63. The van der Waals surface area contributed by atoms with E-state index in [0.717, 1.165) is 48.2 Å². The van der Waals surface area contributed by atoms with E-state index in [2.05, 4.69) is 39.8 Å². The van der Waals surface area contributed by atoms with Crippen molar-refractivity contribution < 1.29 is 0 Å². The number of thiophene rings is 1. The first kappa shape index (κ1) is 20.2. The molecule has 0 aliphatic carbocycles. The zero-order valence-corrected chi connectivity index (χ0v) is 18.4. The van der Waals surface area contributed by atoms with E-state index in [1.54, 1.807) is 27.7 Å². The number of hydrogen-bond acceptors (Lipinski definition) is 6. The van der Waals surface area contributed by atoms with Crippen LogP contribution >= 0.6 is 34.9 Å². The molecule has 2 aromatic rings. The Kier molecular flexibility index (Phi) is 7.60. The molecule has 0 atom stereocenters. The molecule has 1 fully saturated rings. The SMILES string of the molecule is CCCCNC(=S)N(C)/N=C\c1sc(N2CCCCC2)nc1-c1cccs1. The summed E-state index contributed by atoms with van der Waals surface area (Å²) in [6.45, 7) is 5.25. The molecule has 146 valence electrons. The highest BCUT2D eigenvalue weighted by Gasteiger charge is 2.19. The van der Waals surface area contributed by atoms with E-state index in [1.165, 1.54) is 24.1 Å². The molecule has 0 radical (unpaired) electrons. The number of hydrazone groups is 1. The molecule has 3 heterocycles. The molecule has 1 saturated heterocycles. The number of thiocarbonyl (C=S) groups is 1. The maximum Gasteiger partial charge on any atom is 0.189 e. The average molecular weight is 422 g/mol. The summed E-state index contributed by atoms with van der Waals surface area (Å²) >= 11 is 8.85. The molecule has 8 heteroatoms. The lowest BCUT2D eigenvalue weighted by atomic mass is 10.1. The fourth-order valence-corrected chi connectivity index (χ4v) is 4.84. The van der Waals surface area contributed by atoms with Gasteiger partial charge in [-0.25, -0.2) is 9.99 Å². The molecule has 2 aromatic heterocycles. The van der Waals surface area contributed by atoms with Crippen molar-refractivity contribution in [2.24, 2.45) is 5.10 Å². The molecule has 0 aromatic carbocycles. The minimum absolute atomic E-state index is 0.651. The zero-order valence-electron chi connectivity index (χ0n) is 16.0. The van der Waals surface area contributed by atoms with Crippen molar-refractivity contribution in [2.45, 2.75) is 39.0 Å². The van der Waals surface area contributed by atoms with Crippen LogP contribution in [-0.4, -0.2) is 48.0 Å². The van der Waals surface area contributed by atoms with Gasteiger partial charge in [0.05, 0.1) is 16.0 Å². The van der Waals surface area contributed by atoms with Gasteiger partial charge in [0.1, 0.15) is 5.69 Å². The first-order valence-electron chi connectivity index (χ1n) is 9.54. The number of thiazole rings is 1. The van der Waals surface area contributed by atoms with Crippen molar-refractivity contribution in [3.05, 3.63) is 22.4 Å². The van der Waals surface area contributed by atoms with E-state index < -0.39 is 0 Å². The highest BCUT2D eigenvalue weighted by Crippen LogP contribution is 2.35. The summed E-state index contributed by atoms with van der Waals surface area (Å²) in [6.07, 6.45) is 7.96. The lowest BCUT2D eigenvalue weighted by molar-refractivity contribution is 0.530. The van der Waals surface area contributed by atoms with Crippen LogP contribution < -0.4 is 10.2 Å². The van der Waals surface area contributed by atoms with Gasteiger partial charge >= 0.3 is 0 Å². The second-order valence-electron chi connectivity index (χ2n) is 6.59. The highest BCUT2D eigenvalue weighted by molar-refractivity contribution is 7.80. The first-order chi connectivity index (χ1) is 13.2. The van der Waals surface area contributed by atoms with Crippen molar-refractivity contribution in [1.29, 1.82) is 0 Å². The minimum Gasteiger partial charge on any atom is -0.361 e. The van der Waals surface area contributed by atoms with Crippen LogP contribution in [0.2, 0.25) is 0 Å². The topological polar surface area (TPSA) is 43.8 Å². The van der Waals surface area contributed by atoms with Crippen molar-refractivity contribution in [3.8, 4) is 10.6 Å². The largest absolute Gasteiger partial charge is 0.361 e. The molecule has 1 aliphatic heterocycles. The van der Waals surface area contributed by atoms with E-state index in [9.17, 15) is 0 Å². The Bertz CT molecular complexity index is 747. The fourth-order valence-electron chi connectivity index (χ4n) is 2.90. The molecule has 0 saturated carbocycles. The number of anilines is 1. The van der Waals surface area contributed by atoms with Gasteiger partial charge in [-0.15, -0.1) is 11.3 Å². The van der Waals surface area contributed by atoms with Crippen LogP contribution in [0.25, 0.3) is 10.6 Å². The standard InChI is InChI=1S/C19H27N5S3/c1-3-4-10-20-18(25)23(2)21-14-16-17(15-9-8-13-26-15)22-19(27-16)24-11-6-5-7-12-24/h8-9,13-14H,3-7,10-12H2,1-2H3,(H,20,25)/b21-14-. The number of unbranched alkanes of at least 4 members (excludes halogenated alkanes) is 1. The monoisotopic (exact) mass is 421 g/mol. The Morgan fingerprint density at radius 2 is 2.22 bits per heavy atom. The summed E-state index contributed by atoms with van der Waals surface area (Å²) < 4.78 is 0. The Morgan fingerprint density at radius 1 is 1.41 bits per heavy atom. The average Bonchev–Trinajstić information content (AvgIpc) is 3.36. The minimum atomic E-state index is 0.651. The van der Waals surface area contributed by atoms with Crippen molar-refractivity contribution in [2.75, 3.05) is 31.6 Å². The van der Waals surface area contributed by atoms with Gasteiger partial charge in [-0.1, -0.05) is 30.7 Å². The van der Waals surface area contributed by atoms with E-state index in [1.807, 2.05) is 13.3 Å². The normalized spacial score (nSPS) is 14.7. The van der Waals surface area contributed by atoms with Crippen LogP contribution in [0.4, 0.5) is 5.13 Å². The number of piperidine rings is 1. The Balaban J connectivity index is 1.76. The molecule has 0 spiro atoms. The van der Waals surface area contributed by atoms with Crippen LogP contribution in [0.5, 0.6) is 0 Å². The summed E-state index contributed by atoms with van der Waals surface area (Å²) in [5.41, 5.74) is 1.03. The van der Waals surface area contributed by atoms with Gasteiger partial charge in [0, 0.05) is 26.7 Å². The molecule has 5 nitrogen and oxygen atoms in total. The Hall–Kier alpha value is -1.51. The smallest absolute Gasteiger partial charge is 0.189 e. The summed E-state index contributed by atoms with van der Waals surface area (Å²) in [5, 5.41) is 13.4. The van der Waals surface area contributed by atoms with Crippen molar-refractivity contribution >= 4 is 51.4 Å². The second-order valence-corrected chi connectivity index (χ2v) is 8.93. The maximum absolute atomic E-state index is 5.41. The van der Waals surface area contributed by atoms with Gasteiger partial charge < -0.3 is 10.2 Å². The molecule has 3 rings (SSSR count). The summed E-state index contributed by atoms with van der Waals surface area (Å²) in [6, 6.07) is 4.19. The van der Waals surface area contributed by atoms with Gasteiger partial charge in [-0.2, -0.15) is 5.10 Å². The summed E-state index contributed by atoms with van der Waals surface area (Å²) in [5.74, 6) is 0. The quantitative estimate of drug-likeness (QED) is 0.301. The number of rotatable bonds is 7. The number of hydrogen-bond donors (Lipinski definition) is 1. The van der Waals surface area contributed by atoms with Gasteiger partial charge in [0.15, 0.2) is 10.2 Å². The van der Waals surface area contributed by atoms with Gasteiger partial charge in [0.2, 0.25) is 0 Å². The molecular weight excluding hydrogens is 394 g/mol. The third-order valence-corrected chi connectivity index (χ3v) is 6.81. The van der Waals surface area contributed by atoms with Crippen molar-refractivity contribution in [3.63, 3.8) is 0 Å². The molecule has 1 aliphatic rings. The van der Waals surface area contributed by atoms with Gasteiger partial charge in [-0.05, 0) is 49.3 Å². The maximum atomic E-state index is 5.41. The molecule has 0 unspecified atom stereocenters. The van der Waals surface area contributed by atoms with Crippen molar-refractivity contribution in [1.82, 2.24) is 15.3 Å². The number of nitrogens with zero attached hydrogens (tertiary/aromatic N) is 4. The molecule has 0 bridgehead atoms. The predicted octanol–water partition coefficient (Wildman–Crippen LogP) is 4.80. The fraction of sp³-hybridized carbons (Fsp3) is 0.526. The number of aromatic nitrogens is 1. The number of nitrogens with one attached hydrogen (secondary N) is 1. The van der Waals surface area contributed by atoms with E-state index >= 15 is 0 Å². The Labute approximate surface area is 175 Å². The third kappa shape index (κ3) is 5.49. The molecule has 0 amide bonds. The Morgan fingerprint density at radius 3 is 2.93 bits per heavy atom. The van der Waals surface area contributed by atoms with E-state index in [-0.39, 0.29) is 0 Å². The lowest BCUT2D eigenvalue weighted by Gasteiger charge is -2.25. The first-order valence-corrected chi connectivity index (χ1v) is 11.6. The third-order valence-electron chi connectivity index (χ3n) is 4.47. The predicted molar refractivity (Wildman–Crippen MR) is 122 cm³/mol. The van der Waals surface area contributed by atoms with E-state index in [0.29, 0.717) is 5.11 Å². The highest BCUT2D eigenvalue weighted by atomic mass is 32.1. The van der Waals surface area contributed by atoms with Crippen LogP contribution in [0.15, 0.2) is 22.6 Å². The lowest BCUT2D eigenvalue weighted by Crippen LogP contribution is -2.34.